The van der Waals surface area contributed by atoms with E-state index in [-0.39, 0.29) is 10.8 Å². The maximum Gasteiger partial charge on any atom is 0.317 e. The Balaban J connectivity index is 1.40. The zero-order valence-electron chi connectivity index (χ0n) is 13.8. The predicted octanol–water partition coefficient (Wildman–Crippen LogP) is 2.19. The van der Waals surface area contributed by atoms with Gasteiger partial charge in [-0.1, -0.05) is 6.07 Å². The molecule has 0 bridgehead atoms. The van der Waals surface area contributed by atoms with Crippen molar-refractivity contribution >= 4 is 17.8 Å². The van der Waals surface area contributed by atoms with Crippen molar-refractivity contribution in [2.45, 2.75) is 31.1 Å². The lowest BCUT2D eigenvalue weighted by Gasteiger charge is -2.35. The highest BCUT2D eigenvalue weighted by Crippen LogP contribution is 2.36. The molecule has 2 aliphatic rings. The molecule has 0 aromatic carbocycles. The van der Waals surface area contributed by atoms with Crippen molar-refractivity contribution in [1.82, 2.24) is 20.1 Å². The molecule has 1 aromatic heterocycles. The molecule has 1 aromatic rings. The number of hydrogen-bond acceptors (Lipinski definition) is 4. The average Bonchev–Trinajstić information content (AvgIpc) is 3.01. The Bertz CT molecular complexity index is 511. The molecule has 0 aliphatic carbocycles. The molecule has 0 unspecified atom stereocenters. The van der Waals surface area contributed by atoms with Crippen LogP contribution in [0.4, 0.5) is 4.79 Å². The van der Waals surface area contributed by atoms with Gasteiger partial charge in [0, 0.05) is 56.4 Å². The van der Waals surface area contributed by atoms with E-state index in [2.05, 4.69) is 28.2 Å². The maximum atomic E-state index is 12.3. The normalized spacial score (nSPS) is 25.5. The molecule has 2 aliphatic heterocycles. The van der Waals surface area contributed by atoms with E-state index in [1.807, 2.05) is 28.9 Å². The molecular weight excluding hydrogens is 308 g/mol. The molecule has 23 heavy (non-hydrogen) atoms. The van der Waals surface area contributed by atoms with Gasteiger partial charge in [-0.15, -0.1) is 0 Å². The molecule has 0 saturated carbocycles. The van der Waals surface area contributed by atoms with E-state index in [9.17, 15) is 4.79 Å². The quantitative estimate of drug-likeness (QED) is 0.917. The molecule has 1 atom stereocenters. The molecule has 0 radical (unpaired) electrons. The van der Waals surface area contributed by atoms with Crippen LogP contribution in [-0.4, -0.2) is 64.0 Å². The fourth-order valence-corrected chi connectivity index (χ4v) is 4.45. The Morgan fingerprint density at radius 2 is 2.22 bits per heavy atom. The summed E-state index contributed by atoms with van der Waals surface area (Å²) < 4.78 is 0.234. The van der Waals surface area contributed by atoms with Crippen LogP contribution in [0.5, 0.6) is 0 Å². The van der Waals surface area contributed by atoms with Crippen LogP contribution in [0.15, 0.2) is 24.5 Å². The number of aromatic nitrogens is 1. The van der Waals surface area contributed by atoms with Crippen LogP contribution in [0.2, 0.25) is 0 Å². The minimum Gasteiger partial charge on any atom is -0.337 e. The highest BCUT2D eigenvalue weighted by atomic mass is 32.2. The van der Waals surface area contributed by atoms with Crippen molar-refractivity contribution in [3.8, 4) is 0 Å². The number of pyridine rings is 1. The molecule has 3 rings (SSSR count). The summed E-state index contributed by atoms with van der Waals surface area (Å²) in [5.41, 5.74) is 1.23. The molecule has 0 spiro atoms. The summed E-state index contributed by atoms with van der Waals surface area (Å²) in [5, 5.41) is 3.14. The summed E-state index contributed by atoms with van der Waals surface area (Å²) in [6, 6.07) is 4.17. The number of rotatable bonds is 4. The third-order valence-electron chi connectivity index (χ3n) is 4.70. The first-order valence-corrected chi connectivity index (χ1v) is 9.41. The van der Waals surface area contributed by atoms with Crippen LogP contribution in [0.25, 0.3) is 0 Å². The van der Waals surface area contributed by atoms with Gasteiger partial charge in [0.05, 0.1) is 0 Å². The van der Waals surface area contributed by atoms with Crippen molar-refractivity contribution in [2.24, 2.45) is 0 Å². The Labute approximate surface area is 142 Å². The number of carbonyl (C=O) groups excluding carboxylic acids is 1. The van der Waals surface area contributed by atoms with Crippen molar-refractivity contribution in [2.75, 3.05) is 38.5 Å². The van der Waals surface area contributed by atoms with Gasteiger partial charge in [0.15, 0.2) is 0 Å². The summed E-state index contributed by atoms with van der Waals surface area (Å²) in [6.07, 6.45) is 6.19. The second-order valence-corrected chi connectivity index (χ2v) is 8.37. The molecule has 1 N–H and O–H groups in total. The fraction of sp³-hybridized carbons (Fsp3) is 0.647. The van der Waals surface area contributed by atoms with Gasteiger partial charge in [-0.25, -0.2) is 4.79 Å². The molecule has 2 saturated heterocycles. The molecule has 5 nitrogen and oxygen atoms in total. The van der Waals surface area contributed by atoms with Gasteiger partial charge < -0.3 is 10.2 Å². The first-order chi connectivity index (χ1) is 11.1. The Hall–Kier alpha value is -1.27. The smallest absolute Gasteiger partial charge is 0.317 e. The van der Waals surface area contributed by atoms with Crippen molar-refractivity contribution < 1.29 is 4.79 Å². The summed E-state index contributed by atoms with van der Waals surface area (Å²) >= 11 is 1.99. The highest BCUT2D eigenvalue weighted by Gasteiger charge is 2.30. The summed E-state index contributed by atoms with van der Waals surface area (Å²) in [7, 11) is 0. The second kappa shape index (κ2) is 7.53. The number of urea groups is 1. The lowest BCUT2D eigenvalue weighted by Crippen LogP contribution is -2.52. The predicted molar refractivity (Wildman–Crippen MR) is 94.6 cm³/mol. The molecule has 3 heterocycles. The van der Waals surface area contributed by atoms with Crippen LogP contribution < -0.4 is 5.32 Å². The molecule has 2 fully saturated rings. The van der Waals surface area contributed by atoms with Gasteiger partial charge >= 0.3 is 6.03 Å². The van der Waals surface area contributed by atoms with Gasteiger partial charge in [0.25, 0.3) is 0 Å². The number of hydrogen-bond donors (Lipinski definition) is 1. The van der Waals surface area contributed by atoms with E-state index < -0.39 is 0 Å². The Morgan fingerprint density at radius 1 is 1.39 bits per heavy atom. The van der Waals surface area contributed by atoms with Gasteiger partial charge in [0.1, 0.15) is 0 Å². The van der Waals surface area contributed by atoms with Crippen LogP contribution in [0, 0.1) is 0 Å². The molecule has 6 heteroatoms. The zero-order chi connectivity index (χ0) is 16.1. The lowest BCUT2D eigenvalue weighted by atomic mass is 10.1. The number of thioether (sulfide) groups is 1. The van der Waals surface area contributed by atoms with Gasteiger partial charge in [-0.3, -0.25) is 9.88 Å². The minimum atomic E-state index is 0.0970. The van der Waals surface area contributed by atoms with E-state index in [4.69, 9.17) is 0 Å². The molecule has 126 valence electrons. The minimum absolute atomic E-state index is 0.0970. The van der Waals surface area contributed by atoms with Gasteiger partial charge in [-0.05, 0) is 37.1 Å². The second-order valence-electron chi connectivity index (χ2n) is 6.69. The third kappa shape index (κ3) is 4.61. The van der Waals surface area contributed by atoms with E-state index in [1.54, 1.807) is 6.20 Å². The van der Waals surface area contributed by atoms with E-state index >= 15 is 0 Å². The van der Waals surface area contributed by atoms with Crippen LogP contribution in [0.3, 0.4) is 0 Å². The van der Waals surface area contributed by atoms with Crippen LogP contribution >= 0.6 is 11.8 Å². The van der Waals surface area contributed by atoms with Crippen molar-refractivity contribution in [3.63, 3.8) is 0 Å². The number of nitrogens with one attached hydrogen (secondary N) is 1. The monoisotopic (exact) mass is 334 g/mol. The lowest BCUT2D eigenvalue weighted by molar-refractivity contribution is 0.135. The Kier molecular flexibility index (Phi) is 5.43. The first kappa shape index (κ1) is 16.6. The van der Waals surface area contributed by atoms with E-state index in [0.29, 0.717) is 0 Å². The molecule has 2 amide bonds. The molecular formula is C17H26N4OS. The number of nitrogens with zero attached hydrogens (tertiary/aromatic N) is 3. The topological polar surface area (TPSA) is 48.5 Å². The number of amides is 2. The third-order valence-corrected chi connectivity index (χ3v) is 6.24. The van der Waals surface area contributed by atoms with Gasteiger partial charge in [0.2, 0.25) is 0 Å². The Morgan fingerprint density at radius 3 is 2.87 bits per heavy atom. The SMILES string of the molecule is C[C@@]1(CNC(=O)N2CCN(Cc3cccnc3)CC2)CCCS1. The number of carbonyl (C=O) groups is 1. The zero-order valence-corrected chi connectivity index (χ0v) is 14.6. The summed E-state index contributed by atoms with van der Waals surface area (Å²) in [6.45, 7) is 7.41. The van der Waals surface area contributed by atoms with Gasteiger partial charge in [-0.2, -0.15) is 11.8 Å². The summed E-state index contributed by atoms with van der Waals surface area (Å²) in [4.78, 5) is 20.8. The highest BCUT2D eigenvalue weighted by molar-refractivity contribution is 8.00. The largest absolute Gasteiger partial charge is 0.337 e. The van der Waals surface area contributed by atoms with Crippen LogP contribution in [0.1, 0.15) is 25.3 Å². The van der Waals surface area contributed by atoms with E-state index in [0.717, 1.165) is 39.3 Å². The van der Waals surface area contributed by atoms with Crippen molar-refractivity contribution in [1.29, 1.82) is 0 Å². The van der Waals surface area contributed by atoms with E-state index in [1.165, 1.54) is 24.2 Å². The first-order valence-electron chi connectivity index (χ1n) is 8.43. The summed E-state index contributed by atoms with van der Waals surface area (Å²) in [5.74, 6) is 1.22. The standard InChI is InChI=1S/C17H26N4OS/c1-17(5-3-11-23-17)14-19-16(22)21-9-7-20(8-10-21)13-15-4-2-6-18-12-15/h2,4,6,12H,3,5,7-11,13-14H2,1H3,(H,19,22)/t17-/m0/s1. The van der Waals surface area contributed by atoms with Crippen molar-refractivity contribution in [3.05, 3.63) is 30.1 Å². The maximum absolute atomic E-state index is 12.3. The average molecular weight is 334 g/mol. The van der Waals surface area contributed by atoms with Crippen LogP contribution in [-0.2, 0) is 6.54 Å². The fourth-order valence-electron chi connectivity index (χ4n) is 3.21. The number of piperazine rings is 1.